The van der Waals surface area contributed by atoms with E-state index in [4.69, 9.17) is 26.2 Å². The van der Waals surface area contributed by atoms with Crippen molar-refractivity contribution in [3.05, 3.63) is 22.2 Å². The Morgan fingerprint density at radius 1 is 1.43 bits per heavy atom. The van der Waals surface area contributed by atoms with Gasteiger partial charge in [0, 0.05) is 18.2 Å². The van der Waals surface area contributed by atoms with Gasteiger partial charge in [0.2, 0.25) is 0 Å². The Labute approximate surface area is 127 Å². The monoisotopic (exact) mass is 313 g/mol. The second-order valence-corrected chi connectivity index (χ2v) is 5.18. The number of carbonyl (C=O) groups is 2. The van der Waals surface area contributed by atoms with E-state index in [2.05, 4.69) is 5.32 Å². The van der Waals surface area contributed by atoms with E-state index in [0.29, 0.717) is 41.3 Å². The highest BCUT2D eigenvalue weighted by atomic mass is 35.5. The average molecular weight is 314 g/mol. The van der Waals surface area contributed by atoms with Crippen molar-refractivity contribution in [2.45, 2.75) is 12.5 Å². The van der Waals surface area contributed by atoms with Gasteiger partial charge in [0.15, 0.2) is 17.8 Å². The first-order valence-corrected chi connectivity index (χ1v) is 6.77. The predicted octanol–water partition coefficient (Wildman–Crippen LogP) is 1.90. The number of carbonyl (C=O) groups excluding carboxylic acids is 1. The number of ether oxygens (including phenoxy) is 2. The van der Waals surface area contributed by atoms with Crippen molar-refractivity contribution in [2.75, 3.05) is 20.8 Å². The van der Waals surface area contributed by atoms with Crippen LogP contribution in [0.25, 0.3) is 0 Å². The Balaban J connectivity index is 2.48. The molecule has 7 heteroatoms. The largest absolute Gasteiger partial charge is 0.492 e. The molecule has 2 rings (SSSR count). The molecule has 1 aromatic rings. The van der Waals surface area contributed by atoms with Crippen molar-refractivity contribution < 1.29 is 24.2 Å². The number of carboxylic acid groups (broad SMARTS) is 1. The van der Waals surface area contributed by atoms with Crippen molar-refractivity contribution in [2.24, 2.45) is 5.92 Å². The second-order valence-electron chi connectivity index (χ2n) is 4.78. The summed E-state index contributed by atoms with van der Waals surface area (Å²) in [5.74, 6) is -0.674. The van der Waals surface area contributed by atoms with Crippen molar-refractivity contribution >= 4 is 23.9 Å². The molecule has 1 fully saturated rings. The van der Waals surface area contributed by atoms with Gasteiger partial charge in [0.1, 0.15) is 0 Å². The lowest BCUT2D eigenvalue weighted by Crippen LogP contribution is -2.18. The van der Waals surface area contributed by atoms with Gasteiger partial charge in [-0.15, -0.1) is 0 Å². The van der Waals surface area contributed by atoms with Crippen LogP contribution in [0.1, 0.15) is 28.4 Å². The van der Waals surface area contributed by atoms with Crippen LogP contribution < -0.4 is 14.8 Å². The van der Waals surface area contributed by atoms with Gasteiger partial charge in [-0.05, 0) is 12.5 Å². The van der Waals surface area contributed by atoms with Crippen molar-refractivity contribution in [1.29, 1.82) is 0 Å². The molecule has 0 saturated carbocycles. The zero-order valence-electron chi connectivity index (χ0n) is 11.7. The number of methoxy groups -OCH3 is 2. The minimum Gasteiger partial charge on any atom is -0.492 e. The zero-order chi connectivity index (χ0) is 15.6. The lowest BCUT2D eigenvalue weighted by atomic mass is 9.97. The molecule has 0 bridgehead atoms. The summed E-state index contributed by atoms with van der Waals surface area (Å²) in [6, 6.07) is 1.24. The van der Waals surface area contributed by atoms with E-state index in [1.807, 2.05) is 0 Å². The normalized spacial score (nSPS) is 21.1. The summed E-state index contributed by atoms with van der Waals surface area (Å²) in [5.41, 5.74) is 0.904. The third-order valence-corrected chi connectivity index (χ3v) is 3.93. The molecule has 0 radical (unpaired) electrons. The summed E-state index contributed by atoms with van der Waals surface area (Å²) in [7, 11) is 2.89. The van der Waals surface area contributed by atoms with Crippen LogP contribution in [0, 0.1) is 5.92 Å². The molecular formula is C14H16ClNO5. The van der Waals surface area contributed by atoms with E-state index in [0.717, 1.165) is 0 Å². The van der Waals surface area contributed by atoms with Crippen LogP contribution in [0.3, 0.4) is 0 Å². The summed E-state index contributed by atoms with van der Waals surface area (Å²) in [5, 5.41) is 12.5. The SMILES string of the molecule is COc1c(C=O)cc(Cl)c(C2CC(C(=O)O)CN2)c1OC. The summed E-state index contributed by atoms with van der Waals surface area (Å²) >= 11 is 6.25. The molecule has 2 N–H and O–H groups in total. The van der Waals surface area contributed by atoms with Gasteiger partial charge in [-0.1, -0.05) is 11.6 Å². The second kappa shape index (κ2) is 6.32. The Kier molecular flexibility index (Phi) is 4.69. The number of hydrogen-bond acceptors (Lipinski definition) is 5. The Morgan fingerprint density at radius 2 is 2.10 bits per heavy atom. The zero-order valence-corrected chi connectivity index (χ0v) is 12.4. The smallest absolute Gasteiger partial charge is 0.307 e. The molecule has 21 heavy (non-hydrogen) atoms. The van der Waals surface area contributed by atoms with Gasteiger partial charge < -0.3 is 19.9 Å². The van der Waals surface area contributed by atoms with Crippen molar-refractivity contribution in [3.63, 3.8) is 0 Å². The fourth-order valence-corrected chi connectivity index (χ4v) is 2.95. The molecule has 0 amide bonds. The van der Waals surface area contributed by atoms with Gasteiger partial charge in [0.05, 0.1) is 30.7 Å². The third kappa shape index (κ3) is 2.82. The number of rotatable bonds is 5. The fourth-order valence-electron chi connectivity index (χ4n) is 2.61. The summed E-state index contributed by atoms with van der Waals surface area (Å²) in [6.07, 6.45) is 1.04. The maximum absolute atomic E-state index is 11.1. The molecule has 2 unspecified atom stereocenters. The molecule has 0 spiro atoms. The van der Waals surface area contributed by atoms with Crippen LogP contribution in [-0.4, -0.2) is 38.1 Å². The van der Waals surface area contributed by atoms with Crippen LogP contribution in [0.2, 0.25) is 5.02 Å². The van der Waals surface area contributed by atoms with Crippen LogP contribution in [0.15, 0.2) is 6.07 Å². The van der Waals surface area contributed by atoms with E-state index in [9.17, 15) is 9.59 Å². The van der Waals surface area contributed by atoms with Crippen molar-refractivity contribution in [3.8, 4) is 11.5 Å². The van der Waals surface area contributed by atoms with E-state index >= 15 is 0 Å². The Hall–Kier alpha value is -1.79. The van der Waals surface area contributed by atoms with Crippen LogP contribution in [0.5, 0.6) is 11.5 Å². The Morgan fingerprint density at radius 3 is 2.57 bits per heavy atom. The lowest BCUT2D eigenvalue weighted by Gasteiger charge is -2.20. The molecule has 0 aromatic heterocycles. The highest BCUT2D eigenvalue weighted by Gasteiger charge is 2.34. The Bertz CT molecular complexity index is 575. The van der Waals surface area contributed by atoms with Crippen LogP contribution >= 0.6 is 11.6 Å². The molecule has 0 aliphatic carbocycles. The molecule has 1 aromatic carbocycles. The van der Waals surface area contributed by atoms with E-state index in [1.165, 1.54) is 20.3 Å². The third-order valence-electron chi connectivity index (χ3n) is 3.62. The van der Waals surface area contributed by atoms with Gasteiger partial charge in [-0.25, -0.2) is 0 Å². The highest BCUT2D eigenvalue weighted by Crippen LogP contribution is 2.44. The summed E-state index contributed by atoms with van der Waals surface area (Å²) in [4.78, 5) is 22.2. The molecule has 1 saturated heterocycles. The van der Waals surface area contributed by atoms with Gasteiger partial charge in [0.25, 0.3) is 0 Å². The maximum atomic E-state index is 11.1. The van der Waals surface area contributed by atoms with Gasteiger partial charge in [-0.2, -0.15) is 0 Å². The number of benzene rings is 1. The number of hydrogen-bond donors (Lipinski definition) is 2. The topological polar surface area (TPSA) is 84.9 Å². The summed E-state index contributed by atoms with van der Waals surface area (Å²) < 4.78 is 10.6. The summed E-state index contributed by atoms with van der Waals surface area (Å²) in [6.45, 7) is 0.358. The minimum absolute atomic E-state index is 0.261. The lowest BCUT2D eigenvalue weighted by molar-refractivity contribution is -0.141. The minimum atomic E-state index is -0.850. The molecule has 1 aliphatic heterocycles. The van der Waals surface area contributed by atoms with Crippen molar-refractivity contribution in [1.82, 2.24) is 5.32 Å². The molecule has 114 valence electrons. The standard InChI is InChI=1S/C14H16ClNO5/c1-20-12-8(6-17)3-9(15)11(13(12)21-2)10-4-7(5-16-10)14(18)19/h3,6-7,10,16H,4-5H2,1-2H3,(H,18,19). The predicted molar refractivity (Wildman–Crippen MR) is 76.4 cm³/mol. The number of aliphatic carboxylic acids is 1. The van der Waals surface area contributed by atoms with E-state index in [1.54, 1.807) is 0 Å². The number of aldehydes is 1. The molecule has 1 aliphatic rings. The first kappa shape index (κ1) is 15.6. The number of halogens is 1. The molecule has 2 atom stereocenters. The van der Waals surface area contributed by atoms with Crippen LogP contribution in [0.4, 0.5) is 0 Å². The fraction of sp³-hybridized carbons (Fsp3) is 0.429. The van der Waals surface area contributed by atoms with Crippen LogP contribution in [-0.2, 0) is 4.79 Å². The average Bonchev–Trinajstić information content (AvgIpc) is 2.95. The first-order chi connectivity index (χ1) is 10.0. The molecular weight excluding hydrogens is 298 g/mol. The van der Waals surface area contributed by atoms with Gasteiger partial charge in [-0.3, -0.25) is 9.59 Å². The van der Waals surface area contributed by atoms with Gasteiger partial charge >= 0.3 is 5.97 Å². The highest BCUT2D eigenvalue weighted by molar-refractivity contribution is 6.32. The number of nitrogens with one attached hydrogen (secondary N) is 1. The maximum Gasteiger partial charge on any atom is 0.307 e. The number of carboxylic acids is 1. The van der Waals surface area contributed by atoms with E-state index < -0.39 is 11.9 Å². The van der Waals surface area contributed by atoms with E-state index in [-0.39, 0.29) is 11.6 Å². The molecule has 1 heterocycles. The molecule has 6 nitrogen and oxygen atoms in total. The quantitative estimate of drug-likeness (QED) is 0.808. The first-order valence-electron chi connectivity index (χ1n) is 6.39.